The number of nitrogens with zero attached hydrogens (tertiary/aromatic N) is 1. The molecule has 0 aliphatic heterocycles. The van der Waals surface area contributed by atoms with Crippen LogP contribution in [0.15, 0.2) is 0 Å². The molecule has 0 saturated heterocycles. The van der Waals surface area contributed by atoms with E-state index in [1.54, 1.807) is 0 Å². The van der Waals surface area contributed by atoms with Gasteiger partial charge in [-0.3, -0.25) is 4.79 Å². The largest absolute Gasteiger partial charge is 0.466 e. The summed E-state index contributed by atoms with van der Waals surface area (Å²) >= 11 is 0. The minimum atomic E-state index is -0.0610. The van der Waals surface area contributed by atoms with Crippen LogP contribution >= 0.6 is 0 Å². The van der Waals surface area contributed by atoms with Gasteiger partial charge in [0.25, 0.3) is 0 Å². The van der Waals surface area contributed by atoms with Crippen LogP contribution in [0.4, 0.5) is 0 Å². The van der Waals surface area contributed by atoms with E-state index in [4.69, 9.17) is 4.74 Å². The molecule has 0 spiro atoms. The van der Waals surface area contributed by atoms with Crippen molar-refractivity contribution in [1.29, 1.82) is 0 Å². The molecule has 0 atom stereocenters. The van der Waals surface area contributed by atoms with Crippen molar-refractivity contribution in [3.63, 3.8) is 0 Å². The maximum Gasteiger partial charge on any atom is 0.305 e. The fraction of sp³-hybridized carbons (Fsp3) is 0.929. The lowest BCUT2D eigenvalue weighted by Gasteiger charge is -2.09. The number of hydrogen-bond acceptors (Lipinski definition) is 4. The second kappa shape index (κ2) is 12.8. The lowest BCUT2D eigenvalue weighted by Crippen LogP contribution is -2.19. The van der Waals surface area contributed by atoms with Crippen LogP contribution in [0, 0.1) is 0 Å². The van der Waals surface area contributed by atoms with Gasteiger partial charge in [0.1, 0.15) is 0 Å². The van der Waals surface area contributed by atoms with E-state index in [-0.39, 0.29) is 5.97 Å². The molecular formula is C14H30N2O2. The molecule has 0 aromatic rings. The molecule has 1 N–H and O–H groups in total. The molecule has 0 saturated carbocycles. The first kappa shape index (κ1) is 17.4. The maximum absolute atomic E-state index is 11.1. The molecule has 0 rings (SSSR count). The summed E-state index contributed by atoms with van der Waals surface area (Å²) in [4.78, 5) is 13.3. The van der Waals surface area contributed by atoms with E-state index in [0.717, 1.165) is 32.4 Å². The molecule has 0 heterocycles. The van der Waals surface area contributed by atoms with Gasteiger partial charge >= 0.3 is 5.97 Å². The second-order valence-electron chi connectivity index (χ2n) is 4.88. The third-order valence-electron chi connectivity index (χ3n) is 2.75. The lowest BCUT2D eigenvalue weighted by atomic mass is 10.2. The summed E-state index contributed by atoms with van der Waals surface area (Å²) < 4.78 is 4.87. The number of ether oxygens (including phenoxy) is 1. The smallest absolute Gasteiger partial charge is 0.305 e. The van der Waals surface area contributed by atoms with Gasteiger partial charge in [-0.15, -0.1) is 0 Å². The van der Waals surface area contributed by atoms with Crippen LogP contribution in [0.25, 0.3) is 0 Å². The van der Waals surface area contributed by atoms with Gasteiger partial charge in [0.05, 0.1) is 6.61 Å². The van der Waals surface area contributed by atoms with Crippen LogP contribution < -0.4 is 5.32 Å². The van der Waals surface area contributed by atoms with Crippen molar-refractivity contribution in [1.82, 2.24) is 10.2 Å². The minimum absolute atomic E-state index is 0.0610. The van der Waals surface area contributed by atoms with E-state index >= 15 is 0 Å². The Morgan fingerprint density at radius 1 is 1.06 bits per heavy atom. The van der Waals surface area contributed by atoms with Crippen LogP contribution in [0.5, 0.6) is 0 Å². The van der Waals surface area contributed by atoms with Gasteiger partial charge in [-0.25, -0.2) is 0 Å². The molecule has 0 bridgehead atoms. The summed E-state index contributed by atoms with van der Waals surface area (Å²) in [6, 6.07) is 0. The molecule has 0 aromatic heterocycles. The Balaban J connectivity index is 3.05. The first-order chi connectivity index (χ1) is 8.66. The van der Waals surface area contributed by atoms with Gasteiger partial charge in [0.15, 0.2) is 0 Å². The molecule has 4 nitrogen and oxygen atoms in total. The van der Waals surface area contributed by atoms with Crippen LogP contribution in [0.3, 0.4) is 0 Å². The topological polar surface area (TPSA) is 41.6 Å². The molecule has 0 amide bonds. The molecule has 0 aliphatic rings. The number of carbonyl (C=O) groups is 1. The molecule has 0 unspecified atom stereocenters. The number of esters is 1. The average Bonchev–Trinajstić information content (AvgIpc) is 2.31. The SMILES string of the molecule is CCOC(=O)CCCCCNCCCCN(C)C. The van der Waals surface area contributed by atoms with Gasteiger partial charge in [-0.1, -0.05) is 6.42 Å². The predicted molar refractivity (Wildman–Crippen MR) is 75.8 cm³/mol. The highest BCUT2D eigenvalue weighted by atomic mass is 16.5. The fourth-order valence-electron chi connectivity index (χ4n) is 1.73. The maximum atomic E-state index is 11.1. The van der Waals surface area contributed by atoms with Crippen molar-refractivity contribution >= 4 is 5.97 Å². The van der Waals surface area contributed by atoms with E-state index in [1.807, 2.05) is 6.92 Å². The number of carbonyl (C=O) groups excluding carboxylic acids is 1. The van der Waals surface area contributed by atoms with Crippen LogP contribution in [0.2, 0.25) is 0 Å². The number of nitrogens with one attached hydrogen (secondary N) is 1. The van der Waals surface area contributed by atoms with Gasteiger partial charge in [0, 0.05) is 6.42 Å². The van der Waals surface area contributed by atoms with E-state index in [1.165, 1.54) is 19.4 Å². The normalized spacial score (nSPS) is 10.9. The Kier molecular flexibility index (Phi) is 12.4. The Hall–Kier alpha value is -0.610. The van der Waals surface area contributed by atoms with Crippen LogP contribution in [-0.2, 0) is 9.53 Å². The zero-order valence-corrected chi connectivity index (χ0v) is 12.3. The van der Waals surface area contributed by atoms with Crippen molar-refractivity contribution in [3.05, 3.63) is 0 Å². The van der Waals surface area contributed by atoms with E-state index < -0.39 is 0 Å². The highest BCUT2D eigenvalue weighted by Gasteiger charge is 2.00. The summed E-state index contributed by atoms with van der Waals surface area (Å²) in [6.45, 7) is 5.67. The molecular weight excluding hydrogens is 228 g/mol. The fourth-order valence-corrected chi connectivity index (χ4v) is 1.73. The van der Waals surface area contributed by atoms with Crippen LogP contribution in [0.1, 0.15) is 45.4 Å². The zero-order chi connectivity index (χ0) is 13.6. The van der Waals surface area contributed by atoms with Crippen LogP contribution in [-0.4, -0.2) is 51.2 Å². The Morgan fingerprint density at radius 2 is 1.72 bits per heavy atom. The van der Waals surface area contributed by atoms with Gasteiger partial charge in [0.2, 0.25) is 0 Å². The Morgan fingerprint density at radius 3 is 2.33 bits per heavy atom. The third-order valence-corrected chi connectivity index (χ3v) is 2.75. The van der Waals surface area contributed by atoms with Gasteiger partial charge in [-0.05, 0) is 66.3 Å². The quantitative estimate of drug-likeness (QED) is 0.430. The second-order valence-corrected chi connectivity index (χ2v) is 4.88. The summed E-state index contributed by atoms with van der Waals surface area (Å²) in [6.07, 6.45) is 6.25. The zero-order valence-electron chi connectivity index (χ0n) is 12.3. The lowest BCUT2D eigenvalue weighted by molar-refractivity contribution is -0.143. The highest BCUT2D eigenvalue weighted by Crippen LogP contribution is 2.00. The summed E-state index contributed by atoms with van der Waals surface area (Å²) in [5.41, 5.74) is 0. The highest BCUT2D eigenvalue weighted by molar-refractivity contribution is 5.69. The van der Waals surface area contributed by atoms with Gasteiger partial charge in [-0.2, -0.15) is 0 Å². The third kappa shape index (κ3) is 13.5. The molecule has 0 aliphatic carbocycles. The minimum Gasteiger partial charge on any atom is -0.466 e. The Labute approximate surface area is 112 Å². The van der Waals surface area contributed by atoms with Crippen molar-refractivity contribution in [2.24, 2.45) is 0 Å². The molecule has 0 aromatic carbocycles. The average molecular weight is 258 g/mol. The molecule has 18 heavy (non-hydrogen) atoms. The van der Waals surface area contributed by atoms with E-state index in [2.05, 4.69) is 24.3 Å². The van der Waals surface area contributed by atoms with E-state index in [9.17, 15) is 4.79 Å². The van der Waals surface area contributed by atoms with Crippen molar-refractivity contribution < 1.29 is 9.53 Å². The van der Waals surface area contributed by atoms with Gasteiger partial charge < -0.3 is 15.0 Å². The molecule has 4 heteroatoms. The summed E-state index contributed by atoms with van der Waals surface area (Å²) in [5.74, 6) is -0.0610. The standard InChI is InChI=1S/C14H30N2O2/c1-4-18-14(17)10-6-5-7-11-15-12-8-9-13-16(2)3/h15H,4-13H2,1-3H3. The number of rotatable bonds is 12. The summed E-state index contributed by atoms with van der Waals surface area (Å²) in [5, 5.41) is 3.44. The van der Waals surface area contributed by atoms with Crippen molar-refractivity contribution in [2.75, 3.05) is 40.3 Å². The molecule has 0 radical (unpaired) electrons. The first-order valence-electron chi connectivity index (χ1n) is 7.18. The number of unbranched alkanes of at least 4 members (excludes halogenated alkanes) is 3. The van der Waals surface area contributed by atoms with Crippen molar-refractivity contribution in [3.8, 4) is 0 Å². The monoisotopic (exact) mass is 258 g/mol. The summed E-state index contributed by atoms with van der Waals surface area (Å²) in [7, 11) is 4.22. The predicted octanol–water partition coefficient (Wildman–Crippen LogP) is 2.04. The Bertz CT molecular complexity index is 196. The first-order valence-corrected chi connectivity index (χ1v) is 7.18. The van der Waals surface area contributed by atoms with E-state index in [0.29, 0.717) is 13.0 Å². The molecule has 108 valence electrons. The van der Waals surface area contributed by atoms with Crippen molar-refractivity contribution in [2.45, 2.75) is 45.4 Å². The molecule has 0 fully saturated rings. The number of hydrogen-bond donors (Lipinski definition) is 1.